The van der Waals surface area contributed by atoms with Gasteiger partial charge in [0.15, 0.2) is 0 Å². The smallest absolute Gasteiger partial charge is 0.323 e. The van der Waals surface area contributed by atoms with Crippen LogP contribution >= 0.6 is 15.9 Å². The maximum atomic E-state index is 12.5. The highest BCUT2D eigenvalue weighted by Gasteiger charge is 2.11. The van der Waals surface area contributed by atoms with Gasteiger partial charge in [0, 0.05) is 46.1 Å². The fourth-order valence-electron chi connectivity index (χ4n) is 3.62. The predicted molar refractivity (Wildman–Crippen MR) is 124 cm³/mol. The summed E-state index contributed by atoms with van der Waals surface area (Å²) in [5.74, 6) is 0. The molecule has 0 fully saturated rings. The molecule has 148 valence electrons. The number of H-pyrrole nitrogens is 1. The van der Waals surface area contributed by atoms with Gasteiger partial charge in [-0.3, -0.25) is 0 Å². The van der Waals surface area contributed by atoms with Gasteiger partial charge in [0.25, 0.3) is 0 Å². The van der Waals surface area contributed by atoms with Crippen LogP contribution in [0.25, 0.3) is 21.9 Å². The molecule has 7 heteroatoms. The Hall–Kier alpha value is -3.58. The number of nitrogens with zero attached hydrogens (tertiary/aromatic N) is 2. The molecule has 0 radical (unpaired) electrons. The number of pyridine rings is 1. The molecule has 30 heavy (non-hydrogen) atoms. The summed E-state index contributed by atoms with van der Waals surface area (Å²) in [5.41, 5.74) is 4.60. The maximum Gasteiger partial charge on any atom is 0.323 e. The van der Waals surface area contributed by atoms with Crippen molar-refractivity contribution in [2.45, 2.75) is 6.54 Å². The number of rotatable bonds is 4. The molecule has 0 aliphatic rings. The molecule has 2 amide bonds. The zero-order valence-corrected chi connectivity index (χ0v) is 17.5. The standard InChI is InChI=1S/C23H18BrN5O/c24-16-6-8-17(9-7-16)27-23(30)28-20-4-1-5-21-19(20)10-12-29(21)14-15-13-26-22-18(15)3-2-11-25-22/h1-13H,14H2,(H,25,26)(H2,27,28,30). The normalized spacial score (nSPS) is 11.1. The zero-order chi connectivity index (χ0) is 20.5. The van der Waals surface area contributed by atoms with Gasteiger partial charge >= 0.3 is 6.03 Å². The van der Waals surface area contributed by atoms with E-state index in [4.69, 9.17) is 0 Å². The summed E-state index contributed by atoms with van der Waals surface area (Å²) in [4.78, 5) is 20.0. The number of halogens is 1. The molecule has 0 atom stereocenters. The highest BCUT2D eigenvalue weighted by molar-refractivity contribution is 9.10. The van der Waals surface area contributed by atoms with Crippen LogP contribution in [0.5, 0.6) is 0 Å². The molecule has 0 unspecified atom stereocenters. The number of fused-ring (bicyclic) bond motifs is 2. The van der Waals surface area contributed by atoms with Crippen LogP contribution in [0, 0.1) is 0 Å². The van der Waals surface area contributed by atoms with Gasteiger partial charge in [0.1, 0.15) is 5.65 Å². The van der Waals surface area contributed by atoms with Crippen molar-refractivity contribution in [1.29, 1.82) is 0 Å². The molecule has 5 rings (SSSR count). The van der Waals surface area contributed by atoms with Crippen LogP contribution in [0.2, 0.25) is 0 Å². The number of aromatic nitrogens is 3. The lowest BCUT2D eigenvalue weighted by atomic mass is 10.2. The van der Waals surface area contributed by atoms with Crippen molar-refractivity contribution < 1.29 is 4.79 Å². The maximum absolute atomic E-state index is 12.5. The first kappa shape index (κ1) is 18.4. The number of hydrogen-bond acceptors (Lipinski definition) is 2. The second-order valence-electron chi connectivity index (χ2n) is 6.98. The van der Waals surface area contributed by atoms with Crippen LogP contribution in [0.1, 0.15) is 5.56 Å². The van der Waals surface area contributed by atoms with Crippen LogP contribution in [0.3, 0.4) is 0 Å². The van der Waals surface area contributed by atoms with Gasteiger partial charge in [-0.25, -0.2) is 9.78 Å². The van der Waals surface area contributed by atoms with E-state index in [2.05, 4.69) is 53.2 Å². The molecular weight excluding hydrogens is 442 g/mol. The lowest BCUT2D eigenvalue weighted by Gasteiger charge is -2.10. The van der Waals surface area contributed by atoms with Gasteiger partial charge < -0.3 is 20.2 Å². The molecule has 3 aromatic heterocycles. The Labute approximate surface area is 181 Å². The van der Waals surface area contributed by atoms with Crippen LogP contribution in [0.15, 0.2) is 83.7 Å². The van der Waals surface area contributed by atoms with Gasteiger partial charge in [0.2, 0.25) is 0 Å². The van der Waals surface area contributed by atoms with Gasteiger partial charge in [0.05, 0.1) is 11.2 Å². The van der Waals surface area contributed by atoms with Crippen LogP contribution in [-0.4, -0.2) is 20.6 Å². The number of hydrogen-bond donors (Lipinski definition) is 3. The highest BCUT2D eigenvalue weighted by atomic mass is 79.9. The molecule has 3 N–H and O–H groups in total. The van der Waals surface area contributed by atoms with Crippen molar-refractivity contribution in [3.63, 3.8) is 0 Å². The summed E-state index contributed by atoms with van der Waals surface area (Å²) in [6.45, 7) is 0.712. The van der Waals surface area contributed by atoms with Crippen LogP contribution < -0.4 is 10.6 Å². The summed E-state index contributed by atoms with van der Waals surface area (Å²) in [6.07, 6.45) is 5.82. The molecule has 0 spiro atoms. The first-order valence-electron chi connectivity index (χ1n) is 9.50. The fourth-order valence-corrected chi connectivity index (χ4v) is 3.88. The Morgan fingerprint density at radius 3 is 2.73 bits per heavy atom. The Balaban J connectivity index is 1.39. The van der Waals surface area contributed by atoms with Crippen molar-refractivity contribution in [3.05, 3.63) is 89.3 Å². The minimum Gasteiger partial charge on any atom is -0.346 e. The molecule has 0 saturated heterocycles. The largest absolute Gasteiger partial charge is 0.346 e. The van der Waals surface area contributed by atoms with E-state index in [0.717, 1.165) is 37.8 Å². The molecule has 5 aromatic rings. The third-order valence-electron chi connectivity index (χ3n) is 5.04. The van der Waals surface area contributed by atoms with Gasteiger partial charge in [-0.1, -0.05) is 22.0 Å². The number of nitrogens with one attached hydrogen (secondary N) is 3. The number of anilines is 2. The van der Waals surface area contributed by atoms with Crippen LogP contribution in [0.4, 0.5) is 16.2 Å². The Morgan fingerprint density at radius 2 is 1.87 bits per heavy atom. The van der Waals surface area contributed by atoms with E-state index < -0.39 is 0 Å². The summed E-state index contributed by atoms with van der Waals surface area (Å²) >= 11 is 3.39. The molecule has 3 heterocycles. The summed E-state index contributed by atoms with van der Waals surface area (Å²) in [6, 6.07) is 19.1. The fraction of sp³-hybridized carbons (Fsp3) is 0.0435. The molecule has 0 aliphatic heterocycles. The van der Waals surface area contributed by atoms with Crippen LogP contribution in [-0.2, 0) is 6.54 Å². The molecule has 6 nitrogen and oxygen atoms in total. The molecule has 0 saturated carbocycles. The summed E-state index contributed by atoms with van der Waals surface area (Å²) < 4.78 is 3.13. The number of urea groups is 1. The minimum atomic E-state index is -0.278. The second-order valence-corrected chi connectivity index (χ2v) is 7.90. The lowest BCUT2D eigenvalue weighted by Crippen LogP contribution is -2.19. The van der Waals surface area contributed by atoms with Gasteiger partial charge in [-0.2, -0.15) is 0 Å². The van der Waals surface area contributed by atoms with E-state index >= 15 is 0 Å². The van der Waals surface area contributed by atoms with E-state index in [0.29, 0.717) is 6.54 Å². The number of benzene rings is 2. The van der Waals surface area contributed by atoms with E-state index in [1.54, 1.807) is 6.20 Å². The van der Waals surface area contributed by atoms with E-state index in [1.165, 1.54) is 5.56 Å². The molecular formula is C23H18BrN5O. The van der Waals surface area contributed by atoms with E-state index in [-0.39, 0.29) is 6.03 Å². The van der Waals surface area contributed by atoms with E-state index in [1.807, 2.05) is 60.9 Å². The van der Waals surface area contributed by atoms with Crippen molar-refractivity contribution >= 4 is 55.3 Å². The highest BCUT2D eigenvalue weighted by Crippen LogP contribution is 2.27. The zero-order valence-electron chi connectivity index (χ0n) is 15.9. The number of carbonyl (C=O) groups is 1. The van der Waals surface area contributed by atoms with Crippen molar-refractivity contribution in [1.82, 2.24) is 14.5 Å². The monoisotopic (exact) mass is 459 g/mol. The van der Waals surface area contributed by atoms with Gasteiger partial charge in [-0.15, -0.1) is 0 Å². The molecule has 2 aromatic carbocycles. The SMILES string of the molecule is O=C(Nc1ccc(Br)cc1)Nc1cccc2c1ccn2Cc1c[nH]c2ncccc12. The second kappa shape index (κ2) is 7.68. The number of carbonyl (C=O) groups excluding carboxylic acids is 1. The Kier molecular flexibility index (Phi) is 4.72. The summed E-state index contributed by atoms with van der Waals surface area (Å²) in [5, 5.41) is 7.92. The predicted octanol–water partition coefficient (Wildman–Crippen LogP) is 5.97. The van der Waals surface area contributed by atoms with Crippen molar-refractivity contribution in [3.8, 4) is 0 Å². The topological polar surface area (TPSA) is 74.7 Å². The summed E-state index contributed by atoms with van der Waals surface area (Å²) in [7, 11) is 0. The lowest BCUT2D eigenvalue weighted by molar-refractivity contribution is 0.262. The molecule has 0 aliphatic carbocycles. The third kappa shape index (κ3) is 3.55. The van der Waals surface area contributed by atoms with Gasteiger partial charge in [-0.05, 0) is 60.2 Å². The van der Waals surface area contributed by atoms with Crippen molar-refractivity contribution in [2.75, 3.05) is 10.6 Å². The third-order valence-corrected chi connectivity index (χ3v) is 5.57. The average Bonchev–Trinajstić information content (AvgIpc) is 3.35. The first-order valence-corrected chi connectivity index (χ1v) is 10.3. The Bertz CT molecular complexity index is 1350. The first-order chi connectivity index (χ1) is 14.7. The van der Waals surface area contributed by atoms with Crippen molar-refractivity contribution in [2.24, 2.45) is 0 Å². The number of aromatic amines is 1. The minimum absolute atomic E-state index is 0.278. The average molecular weight is 460 g/mol. The quantitative estimate of drug-likeness (QED) is 0.309. The van der Waals surface area contributed by atoms with E-state index in [9.17, 15) is 4.79 Å². The number of amides is 2. The Morgan fingerprint density at radius 1 is 1.00 bits per heavy atom. The molecule has 0 bridgehead atoms.